The highest BCUT2D eigenvalue weighted by Gasteiger charge is 2.44. The van der Waals surface area contributed by atoms with E-state index in [0.29, 0.717) is 5.56 Å². The van der Waals surface area contributed by atoms with Crippen molar-refractivity contribution in [3.05, 3.63) is 47.3 Å². The number of halogens is 4. The Bertz CT molecular complexity index is 975. The average Bonchev–Trinajstić information content (AvgIpc) is 3.14. The summed E-state index contributed by atoms with van der Waals surface area (Å²) in [5.74, 6) is -2.40. The van der Waals surface area contributed by atoms with Crippen LogP contribution in [0.3, 0.4) is 0 Å². The molecule has 2 aromatic rings. The summed E-state index contributed by atoms with van der Waals surface area (Å²) in [5.41, 5.74) is 0.504. The molecule has 2 aliphatic rings. The van der Waals surface area contributed by atoms with Crippen molar-refractivity contribution in [1.29, 1.82) is 0 Å². The summed E-state index contributed by atoms with van der Waals surface area (Å²) in [6.07, 6.45) is -5.73. The van der Waals surface area contributed by atoms with Crippen molar-refractivity contribution in [2.45, 2.75) is 31.4 Å². The predicted molar refractivity (Wildman–Crippen MR) is 92.1 cm³/mol. The summed E-state index contributed by atoms with van der Waals surface area (Å²) in [6, 6.07) is 4.55. The maximum absolute atomic E-state index is 13.3. The number of carbonyl (C=O) groups excluding carboxylic acids is 2. The van der Waals surface area contributed by atoms with Crippen LogP contribution in [0.15, 0.2) is 24.3 Å². The Morgan fingerprint density at radius 1 is 1.17 bits per heavy atom. The third-order valence-electron chi connectivity index (χ3n) is 5.26. The Morgan fingerprint density at radius 3 is 2.53 bits per heavy atom. The first kappa shape index (κ1) is 20.3. The number of morpholine rings is 1. The zero-order chi connectivity index (χ0) is 21.6. The second-order valence-electron chi connectivity index (χ2n) is 7.08. The number of carbonyl (C=O) groups is 2. The van der Waals surface area contributed by atoms with Gasteiger partial charge in [-0.1, -0.05) is 12.1 Å². The fraction of sp³-hybridized carbons (Fsp3) is 0.444. The van der Waals surface area contributed by atoms with E-state index in [2.05, 4.69) is 10.2 Å². The van der Waals surface area contributed by atoms with Gasteiger partial charge in [0.2, 0.25) is 11.7 Å². The zero-order valence-electron chi connectivity index (χ0n) is 15.8. The molecule has 0 spiro atoms. The SMILES string of the molecule is CN1C(=O)COC(C(=O)N2CCn3c(nnc3C(F)(F)F)C2)C1c1ccc(F)cc1. The second-order valence-corrected chi connectivity index (χ2v) is 7.08. The van der Waals surface area contributed by atoms with Gasteiger partial charge >= 0.3 is 6.18 Å². The van der Waals surface area contributed by atoms with E-state index >= 15 is 0 Å². The number of ether oxygens (including phenoxy) is 1. The number of hydrogen-bond acceptors (Lipinski definition) is 5. The van der Waals surface area contributed by atoms with Gasteiger partial charge in [-0.25, -0.2) is 4.39 Å². The lowest BCUT2D eigenvalue weighted by Crippen LogP contribution is -2.54. The fourth-order valence-corrected chi connectivity index (χ4v) is 3.71. The molecule has 3 heterocycles. The molecule has 30 heavy (non-hydrogen) atoms. The molecule has 12 heteroatoms. The molecule has 1 saturated heterocycles. The number of hydrogen-bond donors (Lipinski definition) is 0. The highest BCUT2D eigenvalue weighted by molar-refractivity contribution is 5.86. The number of nitrogens with zero attached hydrogens (tertiary/aromatic N) is 5. The molecule has 2 amide bonds. The van der Waals surface area contributed by atoms with Crippen LogP contribution in [0.4, 0.5) is 17.6 Å². The van der Waals surface area contributed by atoms with Crippen LogP contribution in [0, 0.1) is 5.82 Å². The van der Waals surface area contributed by atoms with E-state index in [1.807, 2.05) is 0 Å². The highest BCUT2D eigenvalue weighted by atomic mass is 19.4. The van der Waals surface area contributed by atoms with Crippen molar-refractivity contribution >= 4 is 11.8 Å². The first-order chi connectivity index (χ1) is 14.2. The first-order valence-electron chi connectivity index (χ1n) is 9.07. The number of rotatable bonds is 2. The minimum Gasteiger partial charge on any atom is -0.356 e. The minimum absolute atomic E-state index is 0.000607. The Hall–Kier alpha value is -3.02. The molecule has 2 aliphatic heterocycles. The van der Waals surface area contributed by atoms with Gasteiger partial charge in [-0.05, 0) is 17.7 Å². The van der Waals surface area contributed by atoms with Gasteiger partial charge in [0.15, 0.2) is 11.9 Å². The monoisotopic (exact) mass is 427 g/mol. The van der Waals surface area contributed by atoms with E-state index in [4.69, 9.17) is 4.74 Å². The van der Waals surface area contributed by atoms with Gasteiger partial charge in [0.1, 0.15) is 12.4 Å². The Kier molecular flexibility index (Phi) is 4.96. The molecule has 0 radical (unpaired) electrons. The fourth-order valence-electron chi connectivity index (χ4n) is 3.71. The van der Waals surface area contributed by atoms with Crippen molar-refractivity contribution in [1.82, 2.24) is 24.6 Å². The molecule has 0 aliphatic carbocycles. The summed E-state index contributed by atoms with van der Waals surface area (Å²) in [6.45, 7) is -0.603. The van der Waals surface area contributed by atoms with Gasteiger partial charge in [-0.2, -0.15) is 13.2 Å². The van der Waals surface area contributed by atoms with E-state index in [1.165, 1.54) is 41.1 Å². The molecule has 0 saturated carbocycles. The zero-order valence-corrected chi connectivity index (χ0v) is 15.8. The van der Waals surface area contributed by atoms with E-state index < -0.39 is 35.9 Å². The van der Waals surface area contributed by atoms with Crippen LogP contribution >= 0.6 is 0 Å². The Labute approximate surface area is 168 Å². The van der Waals surface area contributed by atoms with Crippen LogP contribution in [-0.4, -0.2) is 62.7 Å². The Balaban J connectivity index is 1.59. The largest absolute Gasteiger partial charge is 0.451 e. The summed E-state index contributed by atoms with van der Waals surface area (Å²) >= 11 is 0. The quantitative estimate of drug-likeness (QED) is 0.677. The predicted octanol–water partition coefficient (Wildman–Crippen LogP) is 1.38. The van der Waals surface area contributed by atoms with Crippen LogP contribution in [-0.2, 0) is 33.6 Å². The van der Waals surface area contributed by atoms with Gasteiger partial charge in [-0.3, -0.25) is 9.59 Å². The summed E-state index contributed by atoms with van der Waals surface area (Å²) in [7, 11) is 1.52. The smallest absolute Gasteiger partial charge is 0.356 e. The average molecular weight is 427 g/mol. The maximum atomic E-state index is 13.3. The van der Waals surface area contributed by atoms with Crippen molar-refractivity contribution in [3.8, 4) is 0 Å². The van der Waals surface area contributed by atoms with E-state index in [-0.39, 0.29) is 38.0 Å². The third-order valence-corrected chi connectivity index (χ3v) is 5.26. The third kappa shape index (κ3) is 3.51. The van der Waals surface area contributed by atoms with Gasteiger partial charge < -0.3 is 19.1 Å². The normalized spacial score (nSPS) is 22.2. The molecule has 1 fully saturated rings. The van der Waals surface area contributed by atoms with Gasteiger partial charge in [0.25, 0.3) is 5.91 Å². The van der Waals surface area contributed by atoms with Crippen LogP contribution < -0.4 is 0 Å². The lowest BCUT2D eigenvalue weighted by atomic mass is 9.97. The van der Waals surface area contributed by atoms with E-state index in [0.717, 1.165) is 4.57 Å². The minimum atomic E-state index is -4.64. The topological polar surface area (TPSA) is 80.6 Å². The van der Waals surface area contributed by atoms with E-state index in [1.54, 1.807) is 0 Å². The first-order valence-corrected chi connectivity index (χ1v) is 9.07. The molecule has 2 atom stereocenters. The lowest BCUT2D eigenvalue weighted by Gasteiger charge is -2.40. The molecule has 0 bridgehead atoms. The summed E-state index contributed by atoms with van der Waals surface area (Å²) in [4.78, 5) is 28.0. The summed E-state index contributed by atoms with van der Waals surface area (Å²) in [5, 5.41) is 6.77. The molecule has 160 valence electrons. The van der Waals surface area contributed by atoms with Crippen molar-refractivity contribution in [2.75, 3.05) is 20.2 Å². The standard InChI is InChI=1S/C18H17F4N5O3/c1-25-13(28)9-30-15(14(25)10-2-4-11(19)5-3-10)16(29)26-6-7-27-12(8-26)23-24-17(27)18(20,21)22/h2-5,14-15H,6-9H2,1H3. The molecule has 0 N–H and O–H groups in total. The molecule has 2 unspecified atom stereocenters. The van der Waals surface area contributed by atoms with Crippen LogP contribution in [0.2, 0.25) is 0 Å². The molecule has 4 rings (SSSR count). The van der Waals surface area contributed by atoms with Gasteiger partial charge in [0.05, 0.1) is 12.6 Å². The number of fused-ring (bicyclic) bond motifs is 1. The molecule has 1 aromatic heterocycles. The summed E-state index contributed by atoms with van der Waals surface area (Å²) < 4.78 is 58.8. The number of amides is 2. The Morgan fingerprint density at radius 2 is 1.87 bits per heavy atom. The maximum Gasteiger partial charge on any atom is 0.451 e. The van der Waals surface area contributed by atoms with Crippen molar-refractivity contribution in [3.63, 3.8) is 0 Å². The highest BCUT2D eigenvalue weighted by Crippen LogP contribution is 2.32. The molecular weight excluding hydrogens is 410 g/mol. The molecule has 8 nitrogen and oxygen atoms in total. The van der Waals surface area contributed by atoms with Crippen molar-refractivity contribution in [2.24, 2.45) is 0 Å². The van der Waals surface area contributed by atoms with E-state index in [9.17, 15) is 27.2 Å². The lowest BCUT2D eigenvalue weighted by molar-refractivity contribution is -0.168. The number of aromatic nitrogens is 3. The molecule has 1 aromatic carbocycles. The van der Waals surface area contributed by atoms with Crippen LogP contribution in [0.25, 0.3) is 0 Å². The van der Waals surface area contributed by atoms with Crippen molar-refractivity contribution < 1.29 is 31.9 Å². The number of alkyl halides is 3. The van der Waals surface area contributed by atoms with Crippen LogP contribution in [0.5, 0.6) is 0 Å². The van der Waals surface area contributed by atoms with Gasteiger partial charge in [0, 0.05) is 20.1 Å². The number of benzene rings is 1. The number of likely N-dealkylation sites (N-methyl/N-ethyl adjacent to an activating group) is 1. The van der Waals surface area contributed by atoms with Gasteiger partial charge in [-0.15, -0.1) is 10.2 Å². The molecular formula is C18H17F4N5O3. The second kappa shape index (κ2) is 7.35. The van der Waals surface area contributed by atoms with Crippen LogP contribution in [0.1, 0.15) is 23.3 Å².